The van der Waals surface area contributed by atoms with Gasteiger partial charge in [0.05, 0.1) is 6.42 Å². The molecule has 0 saturated carbocycles. The van der Waals surface area contributed by atoms with Gasteiger partial charge in [-0.15, -0.1) is 0 Å². The van der Waals surface area contributed by atoms with E-state index in [-0.39, 0.29) is 30.5 Å². The predicted molar refractivity (Wildman–Crippen MR) is 134 cm³/mol. The average molecular weight is 477 g/mol. The molecule has 0 bridgehead atoms. The molecule has 1 saturated heterocycles. The number of carbonyl (C=O) groups excluding carboxylic acids is 3. The first-order chi connectivity index (χ1) is 16.9. The molecule has 3 aromatic rings. The minimum Gasteiger partial charge on any atom is -0.456 e. The first-order valence-electron chi connectivity index (χ1n) is 12.0. The summed E-state index contributed by atoms with van der Waals surface area (Å²) in [5.41, 5.74) is 0.826. The Hall–Kier alpha value is -3.65. The van der Waals surface area contributed by atoms with E-state index in [1.54, 1.807) is 13.0 Å². The number of piperidine rings is 1. The molecule has 0 spiro atoms. The molecule has 0 atom stereocenters. The third-order valence-corrected chi connectivity index (χ3v) is 6.60. The van der Waals surface area contributed by atoms with Gasteiger partial charge in [-0.25, -0.2) is 0 Å². The van der Waals surface area contributed by atoms with Crippen LogP contribution in [0.25, 0.3) is 10.8 Å². The second-order valence-electron chi connectivity index (χ2n) is 9.06. The van der Waals surface area contributed by atoms with Crippen LogP contribution in [-0.4, -0.2) is 49.4 Å². The van der Waals surface area contributed by atoms with Gasteiger partial charge in [-0.05, 0) is 67.7 Å². The van der Waals surface area contributed by atoms with Gasteiger partial charge in [0.15, 0.2) is 5.76 Å². The van der Waals surface area contributed by atoms with E-state index in [2.05, 4.69) is 21.3 Å². The monoisotopic (exact) mass is 476 g/mol. The smallest absolute Gasteiger partial charge is 0.287 e. The quantitative estimate of drug-likeness (QED) is 0.373. The zero-order valence-electron chi connectivity index (χ0n) is 20.2. The lowest BCUT2D eigenvalue weighted by Gasteiger charge is -2.36. The second kappa shape index (κ2) is 10.7. The molecule has 184 valence electrons. The highest BCUT2D eigenvalue weighted by Gasteiger charge is 2.41. The zero-order chi connectivity index (χ0) is 24.8. The average Bonchev–Trinajstić information content (AvgIpc) is 3.21. The Bertz CT molecular complexity index is 1200. The summed E-state index contributed by atoms with van der Waals surface area (Å²) in [4.78, 5) is 38.5. The van der Waals surface area contributed by atoms with Crippen molar-refractivity contribution in [2.45, 2.75) is 38.6 Å². The number of hydrogen-bond acceptors (Lipinski definition) is 5. The number of benzene rings is 2. The maximum Gasteiger partial charge on any atom is 0.287 e. The Balaban J connectivity index is 1.30. The summed E-state index contributed by atoms with van der Waals surface area (Å²) in [6.45, 7) is 5.47. The van der Waals surface area contributed by atoms with Gasteiger partial charge in [0.25, 0.3) is 5.91 Å². The van der Waals surface area contributed by atoms with E-state index in [0.29, 0.717) is 38.2 Å². The highest BCUT2D eigenvalue weighted by molar-refractivity contribution is 5.98. The molecule has 4 N–H and O–H groups in total. The molecule has 2 aromatic carbocycles. The molecular weight excluding hydrogens is 444 g/mol. The van der Waals surface area contributed by atoms with Gasteiger partial charge < -0.3 is 25.7 Å². The molecule has 0 unspecified atom stereocenters. The lowest BCUT2D eigenvalue weighted by molar-refractivity contribution is -0.128. The van der Waals surface area contributed by atoms with Crippen molar-refractivity contribution in [3.63, 3.8) is 0 Å². The number of carbonyl (C=O) groups is 3. The van der Waals surface area contributed by atoms with Crippen molar-refractivity contribution in [2.24, 2.45) is 0 Å². The van der Waals surface area contributed by atoms with Crippen LogP contribution in [0.15, 0.2) is 52.9 Å². The van der Waals surface area contributed by atoms with Crippen molar-refractivity contribution in [3.8, 4) is 0 Å². The minimum atomic E-state index is -1.02. The fourth-order valence-corrected chi connectivity index (χ4v) is 4.46. The van der Waals surface area contributed by atoms with Gasteiger partial charge in [0, 0.05) is 13.1 Å². The van der Waals surface area contributed by atoms with Crippen LogP contribution in [0.2, 0.25) is 0 Å². The van der Waals surface area contributed by atoms with Gasteiger partial charge in [-0.3, -0.25) is 14.4 Å². The maximum absolute atomic E-state index is 13.1. The fraction of sp³-hybridized carbons (Fsp3) is 0.370. The largest absolute Gasteiger partial charge is 0.456 e. The standard InChI is InChI=1S/C27H32N4O4/c1-18-16-23(35-19(18)2)25(33)31-27(10-12-28-13-11-27)26(34)30-15-14-29-24(32)17-21-8-5-7-20-6-3-4-9-22(20)21/h3-9,16,28H,10-15,17H2,1-2H3,(H,29,32)(H,30,34)(H,31,33). The number of hydrogen-bond donors (Lipinski definition) is 4. The van der Waals surface area contributed by atoms with Crippen molar-refractivity contribution in [2.75, 3.05) is 26.2 Å². The molecule has 1 aliphatic heterocycles. The van der Waals surface area contributed by atoms with Gasteiger partial charge in [-0.1, -0.05) is 42.5 Å². The Labute approximate surface area is 204 Å². The number of nitrogens with one attached hydrogen (secondary N) is 4. The molecule has 4 rings (SSSR count). The van der Waals surface area contributed by atoms with Gasteiger partial charge in [0.1, 0.15) is 11.3 Å². The maximum atomic E-state index is 13.1. The van der Waals surface area contributed by atoms with E-state index in [4.69, 9.17) is 4.42 Å². The highest BCUT2D eigenvalue weighted by Crippen LogP contribution is 2.21. The summed E-state index contributed by atoms with van der Waals surface area (Å²) < 4.78 is 5.54. The molecule has 8 heteroatoms. The molecule has 2 heterocycles. The molecule has 0 radical (unpaired) electrons. The fourth-order valence-electron chi connectivity index (χ4n) is 4.46. The van der Waals surface area contributed by atoms with Crippen molar-refractivity contribution in [1.29, 1.82) is 0 Å². The third-order valence-electron chi connectivity index (χ3n) is 6.60. The number of rotatable bonds is 8. The molecule has 35 heavy (non-hydrogen) atoms. The first kappa shape index (κ1) is 24.5. The van der Waals surface area contributed by atoms with Crippen LogP contribution in [0.3, 0.4) is 0 Å². The minimum absolute atomic E-state index is 0.107. The van der Waals surface area contributed by atoms with Crippen LogP contribution in [0, 0.1) is 13.8 Å². The Morgan fingerprint density at radius 1 is 0.971 bits per heavy atom. The molecular formula is C27H32N4O4. The van der Waals surface area contributed by atoms with E-state index in [9.17, 15) is 14.4 Å². The van der Waals surface area contributed by atoms with E-state index in [0.717, 1.165) is 21.9 Å². The van der Waals surface area contributed by atoms with Crippen molar-refractivity contribution in [3.05, 3.63) is 71.2 Å². The lowest BCUT2D eigenvalue weighted by atomic mass is 9.87. The number of furan rings is 1. The molecule has 1 fully saturated rings. The van der Waals surface area contributed by atoms with E-state index >= 15 is 0 Å². The molecule has 3 amide bonds. The Morgan fingerprint density at radius 2 is 1.69 bits per heavy atom. The summed E-state index contributed by atoms with van der Waals surface area (Å²) in [5.74, 6) is 0.117. The third kappa shape index (κ3) is 5.71. The molecule has 8 nitrogen and oxygen atoms in total. The lowest BCUT2D eigenvalue weighted by Crippen LogP contribution is -2.63. The van der Waals surface area contributed by atoms with E-state index in [1.807, 2.05) is 49.4 Å². The molecule has 1 aromatic heterocycles. The topological polar surface area (TPSA) is 112 Å². The first-order valence-corrected chi connectivity index (χ1v) is 12.0. The SMILES string of the molecule is Cc1cc(C(=O)NC2(C(=O)NCCNC(=O)Cc3cccc4ccccc34)CCNCC2)oc1C. The predicted octanol–water partition coefficient (Wildman–Crippen LogP) is 2.38. The summed E-state index contributed by atoms with van der Waals surface area (Å²) in [5, 5.41) is 14.1. The van der Waals surface area contributed by atoms with E-state index < -0.39 is 11.4 Å². The van der Waals surface area contributed by atoms with Crippen LogP contribution in [0.4, 0.5) is 0 Å². The van der Waals surface area contributed by atoms with Gasteiger partial charge in [0.2, 0.25) is 11.8 Å². The van der Waals surface area contributed by atoms with Crippen LogP contribution in [-0.2, 0) is 16.0 Å². The van der Waals surface area contributed by atoms with Crippen molar-refractivity contribution < 1.29 is 18.8 Å². The Kier molecular flexibility index (Phi) is 7.51. The molecule has 0 aliphatic carbocycles. The van der Waals surface area contributed by atoms with Crippen LogP contribution >= 0.6 is 0 Å². The van der Waals surface area contributed by atoms with Crippen LogP contribution < -0.4 is 21.3 Å². The highest BCUT2D eigenvalue weighted by atomic mass is 16.3. The number of fused-ring (bicyclic) bond motifs is 1. The van der Waals surface area contributed by atoms with Crippen molar-refractivity contribution in [1.82, 2.24) is 21.3 Å². The number of aryl methyl sites for hydroxylation is 2. The van der Waals surface area contributed by atoms with Crippen LogP contribution in [0.5, 0.6) is 0 Å². The summed E-state index contributed by atoms with van der Waals surface area (Å²) in [7, 11) is 0. The summed E-state index contributed by atoms with van der Waals surface area (Å²) in [6.07, 6.45) is 1.20. The van der Waals surface area contributed by atoms with Crippen molar-refractivity contribution >= 4 is 28.5 Å². The Morgan fingerprint density at radius 3 is 2.43 bits per heavy atom. The summed E-state index contributed by atoms with van der Waals surface area (Å²) in [6, 6.07) is 15.6. The second-order valence-corrected chi connectivity index (χ2v) is 9.06. The number of amides is 3. The van der Waals surface area contributed by atoms with E-state index in [1.165, 1.54) is 0 Å². The summed E-state index contributed by atoms with van der Waals surface area (Å²) >= 11 is 0. The zero-order valence-corrected chi connectivity index (χ0v) is 20.2. The van der Waals surface area contributed by atoms with Crippen LogP contribution in [0.1, 0.15) is 40.3 Å². The molecule has 1 aliphatic rings. The van der Waals surface area contributed by atoms with Gasteiger partial charge >= 0.3 is 0 Å². The van der Waals surface area contributed by atoms with Gasteiger partial charge in [-0.2, -0.15) is 0 Å². The normalized spacial score (nSPS) is 14.9.